The van der Waals surface area contributed by atoms with E-state index in [0.717, 1.165) is 10.6 Å². The highest BCUT2D eigenvalue weighted by Gasteiger charge is 2.42. The second-order valence-electron chi connectivity index (χ2n) is 5.59. The number of hydrogen-bond donors (Lipinski definition) is 1. The molecule has 0 radical (unpaired) electrons. The minimum absolute atomic E-state index is 0.192. The van der Waals surface area contributed by atoms with Crippen LogP contribution in [0, 0.1) is 5.82 Å². The first kappa shape index (κ1) is 16.4. The average Bonchev–Trinajstić information content (AvgIpc) is 3.19. The summed E-state index contributed by atoms with van der Waals surface area (Å²) in [7, 11) is 0. The summed E-state index contributed by atoms with van der Waals surface area (Å²) in [5, 5.41) is 3.76. The maximum Gasteiger partial charge on any atom is 0.174 e. The predicted octanol–water partition coefficient (Wildman–Crippen LogP) is 5.11. The van der Waals surface area contributed by atoms with E-state index < -0.39 is 0 Å². The topological polar surface area (TPSA) is 28.2 Å². The molecule has 1 saturated heterocycles. The Labute approximate surface area is 159 Å². The molecule has 2 unspecified atom stereocenters. The van der Waals surface area contributed by atoms with E-state index in [1.54, 1.807) is 24.4 Å². The third kappa shape index (κ3) is 3.01. The van der Waals surface area contributed by atoms with Crippen molar-refractivity contribution in [3.8, 4) is 0 Å². The maximum atomic E-state index is 14.5. The summed E-state index contributed by atoms with van der Waals surface area (Å²) < 4.78 is 15.2. The first-order valence-corrected chi connectivity index (χ1v) is 9.26. The summed E-state index contributed by atoms with van der Waals surface area (Å²) in [4.78, 5) is 7.27. The molecule has 3 aromatic rings. The molecule has 3 heterocycles. The summed E-state index contributed by atoms with van der Waals surface area (Å²) in [6.07, 6.45) is 1.74. The molecule has 1 fully saturated rings. The zero-order valence-corrected chi connectivity index (χ0v) is 15.3. The van der Waals surface area contributed by atoms with Crippen LogP contribution in [0.1, 0.15) is 22.7 Å². The van der Waals surface area contributed by atoms with Gasteiger partial charge >= 0.3 is 0 Å². The van der Waals surface area contributed by atoms with E-state index in [9.17, 15) is 4.39 Å². The van der Waals surface area contributed by atoms with Crippen molar-refractivity contribution in [1.29, 1.82) is 0 Å². The summed E-state index contributed by atoms with van der Waals surface area (Å²) in [6, 6.07) is 15.7. The Morgan fingerprint density at radius 2 is 1.92 bits per heavy atom. The van der Waals surface area contributed by atoms with Gasteiger partial charge in [-0.2, -0.15) is 0 Å². The second kappa shape index (κ2) is 6.71. The summed E-state index contributed by atoms with van der Waals surface area (Å²) in [6.45, 7) is 0. The number of thiocarbonyl (C=S) groups is 1. The number of thiophene rings is 1. The van der Waals surface area contributed by atoms with Crippen molar-refractivity contribution in [1.82, 2.24) is 10.3 Å². The van der Waals surface area contributed by atoms with Crippen molar-refractivity contribution in [3.63, 3.8) is 0 Å². The van der Waals surface area contributed by atoms with Crippen LogP contribution in [0.5, 0.6) is 0 Å². The zero-order chi connectivity index (χ0) is 17.4. The summed E-state index contributed by atoms with van der Waals surface area (Å²) in [5.41, 5.74) is 1.28. The van der Waals surface area contributed by atoms with E-state index in [1.807, 2.05) is 35.2 Å². The number of halogens is 2. The Kier molecular flexibility index (Phi) is 4.41. The first-order chi connectivity index (χ1) is 12.1. The van der Waals surface area contributed by atoms with E-state index in [4.69, 9.17) is 23.8 Å². The van der Waals surface area contributed by atoms with Gasteiger partial charge in [0.2, 0.25) is 0 Å². The molecular formula is C18H13ClFN3S2. The number of pyridine rings is 1. The number of benzene rings is 1. The van der Waals surface area contributed by atoms with Crippen LogP contribution >= 0.6 is 35.2 Å². The molecule has 0 bridgehead atoms. The number of para-hydroxylation sites is 1. The van der Waals surface area contributed by atoms with Gasteiger partial charge in [-0.05, 0) is 48.6 Å². The van der Waals surface area contributed by atoms with Crippen LogP contribution < -0.4 is 10.2 Å². The predicted molar refractivity (Wildman–Crippen MR) is 104 cm³/mol. The molecule has 1 aromatic carbocycles. The average molecular weight is 390 g/mol. The number of aromatic nitrogens is 1. The fourth-order valence-corrected chi connectivity index (χ4v) is 4.57. The van der Waals surface area contributed by atoms with Gasteiger partial charge in [-0.15, -0.1) is 11.3 Å². The lowest BCUT2D eigenvalue weighted by Gasteiger charge is -2.27. The third-order valence-electron chi connectivity index (χ3n) is 4.10. The van der Waals surface area contributed by atoms with Crippen molar-refractivity contribution >= 4 is 46.0 Å². The summed E-state index contributed by atoms with van der Waals surface area (Å²) in [5.74, 6) is -0.319. The molecule has 1 aliphatic rings. The molecule has 3 nitrogen and oxygen atoms in total. The number of anilines is 1. The monoisotopic (exact) mass is 389 g/mol. The Balaban J connectivity index is 1.85. The molecule has 25 heavy (non-hydrogen) atoms. The quantitative estimate of drug-likeness (QED) is 0.630. The Bertz CT molecular complexity index is 915. The molecule has 2 aromatic heterocycles. The number of hydrogen-bond acceptors (Lipinski definition) is 3. The Hall–Kier alpha value is -2.02. The second-order valence-corrected chi connectivity index (χ2v) is 7.72. The van der Waals surface area contributed by atoms with Crippen LogP contribution in [0.4, 0.5) is 10.1 Å². The number of rotatable bonds is 3. The van der Waals surface area contributed by atoms with Gasteiger partial charge in [0.05, 0.1) is 27.8 Å². The standard InChI is InChI=1S/C18H13ClFN3S2/c19-15-9-8-14(25-15)17-16(12-6-3-4-10-21-12)22-18(24)23(17)13-7-2-1-5-11(13)20/h1-10,16-17H,(H,22,24). The molecule has 0 aliphatic carbocycles. The molecular weight excluding hydrogens is 377 g/mol. The van der Waals surface area contributed by atoms with Gasteiger partial charge in [0.15, 0.2) is 5.11 Å². The van der Waals surface area contributed by atoms with Crippen LogP contribution in [0.25, 0.3) is 0 Å². The molecule has 0 saturated carbocycles. The minimum Gasteiger partial charge on any atom is -0.351 e. The molecule has 0 spiro atoms. The SMILES string of the molecule is Fc1ccccc1N1C(=S)NC(c2ccccn2)C1c1ccc(Cl)s1. The highest BCUT2D eigenvalue weighted by atomic mass is 35.5. The smallest absolute Gasteiger partial charge is 0.174 e. The number of nitrogens with zero attached hydrogens (tertiary/aromatic N) is 2. The van der Waals surface area contributed by atoms with E-state index >= 15 is 0 Å². The van der Waals surface area contributed by atoms with E-state index in [-0.39, 0.29) is 17.9 Å². The van der Waals surface area contributed by atoms with Gasteiger partial charge < -0.3 is 10.2 Å². The normalized spacial score (nSPS) is 19.9. The Morgan fingerprint density at radius 3 is 2.60 bits per heavy atom. The van der Waals surface area contributed by atoms with Crippen LogP contribution in [-0.2, 0) is 0 Å². The van der Waals surface area contributed by atoms with Crippen molar-refractivity contribution < 1.29 is 4.39 Å². The zero-order valence-electron chi connectivity index (χ0n) is 12.9. The lowest BCUT2D eigenvalue weighted by atomic mass is 10.0. The van der Waals surface area contributed by atoms with Gasteiger partial charge in [0.1, 0.15) is 5.82 Å². The highest BCUT2D eigenvalue weighted by Crippen LogP contribution is 2.44. The maximum absolute atomic E-state index is 14.5. The van der Waals surface area contributed by atoms with Crippen LogP contribution in [0.2, 0.25) is 4.34 Å². The minimum atomic E-state index is -0.319. The molecule has 4 rings (SSSR count). The largest absolute Gasteiger partial charge is 0.351 e. The highest BCUT2D eigenvalue weighted by molar-refractivity contribution is 7.80. The van der Waals surface area contributed by atoms with E-state index in [2.05, 4.69) is 10.3 Å². The van der Waals surface area contributed by atoms with Crippen LogP contribution in [-0.4, -0.2) is 10.1 Å². The molecule has 7 heteroatoms. The van der Waals surface area contributed by atoms with Crippen LogP contribution in [0.15, 0.2) is 60.8 Å². The summed E-state index contributed by atoms with van der Waals surface area (Å²) >= 11 is 13.1. The number of nitrogens with one attached hydrogen (secondary N) is 1. The molecule has 1 N–H and O–H groups in total. The van der Waals surface area contributed by atoms with Gasteiger partial charge in [0, 0.05) is 11.1 Å². The van der Waals surface area contributed by atoms with Gasteiger partial charge in [0.25, 0.3) is 0 Å². The van der Waals surface area contributed by atoms with Crippen molar-refractivity contribution in [2.24, 2.45) is 0 Å². The third-order valence-corrected chi connectivity index (χ3v) is 5.71. The lowest BCUT2D eigenvalue weighted by Crippen LogP contribution is -2.29. The molecule has 2 atom stereocenters. The van der Waals surface area contributed by atoms with Crippen molar-refractivity contribution in [3.05, 3.63) is 81.5 Å². The fourth-order valence-electron chi connectivity index (χ4n) is 3.04. The van der Waals surface area contributed by atoms with Gasteiger partial charge in [-0.3, -0.25) is 4.98 Å². The first-order valence-electron chi connectivity index (χ1n) is 7.65. The van der Waals surface area contributed by atoms with E-state index in [0.29, 0.717) is 15.1 Å². The van der Waals surface area contributed by atoms with Crippen molar-refractivity contribution in [2.45, 2.75) is 12.1 Å². The van der Waals surface area contributed by atoms with Crippen LogP contribution in [0.3, 0.4) is 0 Å². The molecule has 126 valence electrons. The lowest BCUT2D eigenvalue weighted by molar-refractivity contribution is 0.565. The van der Waals surface area contributed by atoms with E-state index in [1.165, 1.54) is 17.4 Å². The Morgan fingerprint density at radius 1 is 1.12 bits per heavy atom. The fraction of sp³-hybridized carbons (Fsp3) is 0.111. The molecule has 0 amide bonds. The molecule has 1 aliphatic heterocycles. The van der Waals surface area contributed by atoms with Gasteiger partial charge in [-0.1, -0.05) is 29.8 Å². The van der Waals surface area contributed by atoms with Gasteiger partial charge in [-0.25, -0.2) is 4.39 Å². The van der Waals surface area contributed by atoms with Crippen molar-refractivity contribution in [2.75, 3.05) is 4.90 Å².